The molecule has 28 heavy (non-hydrogen) atoms. The highest BCUT2D eigenvalue weighted by atomic mass is 16.2. The van der Waals surface area contributed by atoms with Crippen molar-refractivity contribution in [2.45, 2.75) is 45.1 Å². The zero-order valence-corrected chi connectivity index (χ0v) is 17.0. The van der Waals surface area contributed by atoms with Gasteiger partial charge in [0.2, 0.25) is 5.91 Å². The van der Waals surface area contributed by atoms with Gasteiger partial charge in [-0.3, -0.25) is 14.4 Å². The van der Waals surface area contributed by atoms with Crippen molar-refractivity contribution in [2.75, 3.05) is 26.2 Å². The second-order valence-corrected chi connectivity index (χ2v) is 8.39. The minimum absolute atomic E-state index is 0.378. The standard InChI is InChI=1S/C23H32N4O/c1-25-17-21(23(24-25)20-7-3-2-4-8-20)18-26-15-11-19(12-16-26)9-10-22(28)27-13-5-6-14-27/h2-4,7-8,17,19H,5-6,9-16,18H2,1H3. The summed E-state index contributed by atoms with van der Waals surface area (Å²) in [5.74, 6) is 1.08. The highest BCUT2D eigenvalue weighted by Crippen LogP contribution is 2.27. The van der Waals surface area contributed by atoms with Crippen LogP contribution in [0.3, 0.4) is 0 Å². The fourth-order valence-corrected chi connectivity index (χ4v) is 4.62. The molecular weight excluding hydrogens is 348 g/mol. The largest absolute Gasteiger partial charge is 0.343 e. The molecule has 1 amide bonds. The fourth-order valence-electron chi connectivity index (χ4n) is 4.62. The molecule has 5 heteroatoms. The maximum absolute atomic E-state index is 12.3. The number of aromatic nitrogens is 2. The van der Waals surface area contributed by atoms with E-state index in [1.165, 1.54) is 36.8 Å². The number of piperidine rings is 1. The molecule has 0 aliphatic carbocycles. The lowest BCUT2D eigenvalue weighted by molar-refractivity contribution is -0.130. The first-order chi connectivity index (χ1) is 13.7. The molecule has 0 atom stereocenters. The van der Waals surface area contributed by atoms with Crippen LogP contribution in [-0.2, 0) is 18.4 Å². The number of benzene rings is 1. The summed E-state index contributed by atoms with van der Waals surface area (Å²) >= 11 is 0. The minimum Gasteiger partial charge on any atom is -0.343 e. The molecule has 0 bridgehead atoms. The number of carbonyl (C=O) groups excluding carboxylic acids is 1. The topological polar surface area (TPSA) is 41.4 Å². The Kier molecular flexibility index (Phi) is 6.10. The van der Waals surface area contributed by atoms with E-state index in [1.54, 1.807) is 0 Å². The maximum atomic E-state index is 12.3. The molecule has 4 rings (SSSR count). The summed E-state index contributed by atoms with van der Waals surface area (Å²) in [6, 6.07) is 10.5. The van der Waals surface area contributed by atoms with Crippen molar-refractivity contribution in [3.05, 3.63) is 42.1 Å². The Bertz CT molecular complexity index is 771. The van der Waals surface area contributed by atoms with Gasteiger partial charge < -0.3 is 4.90 Å². The van der Waals surface area contributed by atoms with E-state index in [9.17, 15) is 4.79 Å². The molecule has 0 saturated carbocycles. The van der Waals surface area contributed by atoms with E-state index >= 15 is 0 Å². The number of aryl methyl sites for hydroxylation is 1. The van der Waals surface area contributed by atoms with Crippen molar-refractivity contribution in [2.24, 2.45) is 13.0 Å². The van der Waals surface area contributed by atoms with Crippen molar-refractivity contribution in [1.82, 2.24) is 19.6 Å². The average Bonchev–Trinajstić information content (AvgIpc) is 3.38. The molecule has 1 aromatic heterocycles. The van der Waals surface area contributed by atoms with Gasteiger partial charge in [0.05, 0.1) is 5.69 Å². The second kappa shape index (κ2) is 8.91. The predicted molar refractivity (Wildman–Crippen MR) is 112 cm³/mol. The van der Waals surface area contributed by atoms with Crippen LogP contribution in [0.25, 0.3) is 11.3 Å². The molecule has 150 valence electrons. The van der Waals surface area contributed by atoms with Crippen molar-refractivity contribution < 1.29 is 4.79 Å². The molecule has 0 radical (unpaired) electrons. The van der Waals surface area contributed by atoms with E-state index in [2.05, 4.69) is 40.3 Å². The first-order valence-electron chi connectivity index (χ1n) is 10.8. The number of hydrogen-bond acceptors (Lipinski definition) is 3. The number of likely N-dealkylation sites (tertiary alicyclic amines) is 2. The lowest BCUT2D eigenvalue weighted by atomic mass is 9.91. The molecular formula is C23H32N4O. The van der Waals surface area contributed by atoms with Crippen molar-refractivity contribution >= 4 is 5.91 Å². The molecule has 2 fully saturated rings. The van der Waals surface area contributed by atoms with Gasteiger partial charge in [0.1, 0.15) is 0 Å². The highest BCUT2D eigenvalue weighted by molar-refractivity contribution is 5.76. The van der Waals surface area contributed by atoms with Gasteiger partial charge in [0.15, 0.2) is 0 Å². The number of hydrogen-bond donors (Lipinski definition) is 0. The van der Waals surface area contributed by atoms with Crippen LogP contribution in [0.4, 0.5) is 0 Å². The van der Waals surface area contributed by atoms with Crippen LogP contribution in [-0.4, -0.2) is 51.7 Å². The number of carbonyl (C=O) groups is 1. The zero-order chi connectivity index (χ0) is 19.3. The number of nitrogens with zero attached hydrogens (tertiary/aromatic N) is 4. The minimum atomic E-state index is 0.378. The first-order valence-corrected chi connectivity index (χ1v) is 10.8. The SMILES string of the molecule is Cn1cc(CN2CCC(CCC(=O)N3CCCC3)CC2)c(-c2ccccc2)n1. The zero-order valence-electron chi connectivity index (χ0n) is 17.0. The Balaban J connectivity index is 1.27. The number of rotatable bonds is 6. The molecule has 2 aliphatic heterocycles. The van der Waals surface area contributed by atoms with Gasteiger partial charge in [-0.2, -0.15) is 5.10 Å². The van der Waals surface area contributed by atoms with E-state index in [0.29, 0.717) is 11.8 Å². The quantitative estimate of drug-likeness (QED) is 0.767. The monoisotopic (exact) mass is 380 g/mol. The van der Waals surface area contributed by atoms with E-state index in [-0.39, 0.29) is 0 Å². The third-order valence-corrected chi connectivity index (χ3v) is 6.28. The van der Waals surface area contributed by atoms with Gasteiger partial charge in [0, 0.05) is 50.4 Å². The van der Waals surface area contributed by atoms with Crippen LogP contribution in [0.2, 0.25) is 0 Å². The van der Waals surface area contributed by atoms with Gasteiger partial charge in [-0.1, -0.05) is 30.3 Å². The molecule has 0 spiro atoms. The lowest BCUT2D eigenvalue weighted by Gasteiger charge is -2.32. The van der Waals surface area contributed by atoms with Gasteiger partial charge in [-0.25, -0.2) is 0 Å². The Hall–Kier alpha value is -2.14. The maximum Gasteiger partial charge on any atom is 0.222 e. The molecule has 3 heterocycles. The summed E-state index contributed by atoms with van der Waals surface area (Å²) in [5.41, 5.74) is 3.59. The molecule has 0 unspecified atom stereocenters. The Morgan fingerprint density at radius 2 is 1.79 bits per heavy atom. The summed E-state index contributed by atoms with van der Waals surface area (Å²) in [6.45, 7) is 5.15. The summed E-state index contributed by atoms with van der Waals surface area (Å²) in [7, 11) is 2.00. The van der Waals surface area contributed by atoms with Gasteiger partial charge in [-0.05, 0) is 51.1 Å². The van der Waals surface area contributed by atoms with Crippen molar-refractivity contribution in [1.29, 1.82) is 0 Å². The van der Waals surface area contributed by atoms with Gasteiger partial charge in [-0.15, -0.1) is 0 Å². The van der Waals surface area contributed by atoms with Crippen molar-refractivity contribution in [3.63, 3.8) is 0 Å². The van der Waals surface area contributed by atoms with Crippen molar-refractivity contribution in [3.8, 4) is 11.3 Å². The van der Waals surface area contributed by atoms with Crippen LogP contribution < -0.4 is 0 Å². The van der Waals surface area contributed by atoms with Crippen LogP contribution in [0.15, 0.2) is 36.5 Å². The summed E-state index contributed by atoms with van der Waals surface area (Å²) < 4.78 is 1.92. The second-order valence-electron chi connectivity index (χ2n) is 8.39. The van der Waals surface area contributed by atoms with Gasteiger partial charge >= 0.3 is 0 Å². The Labute approximate surface area is 168 Å². The average molecular weight is 381 g/mol. The van der Waals surface area contributed by atoms with Gasteiger partial charge in [0.25, 0.3) is 0 Å². The summed E-state index contributed by atoms with van der Waals surface area (Å²) in [5, 5.41) is 4.70. The fraction of sp³-hybridized carbons (Fsp3) is 0.565. The van der Waals surface area contributed by atoms with E-state index in [1.807, 2.05) is 17.8 Å². The third kappa shape index (κ3) is 4.64. The molecule has 2 aliphatic rings. The van der Waals surface area contributed by atoms with E-state index < -0.39 is 0 Å². The van der Waals surface area contributed by atoms with Crippen LogP contribution >= 0.6 is 0 Å². The predicted octanol–water partition coefficient (Wildman–Crippen LogP) is 3.70. The molecule has 1 aromatic carbocycles. The molecule has 0 N–H and O–H groups in total. The van der Waals surface area contributed by atoms with Crippen LogP contribution in [0.5, 0.6) is 0 Å². The van der Waals surface area contributed by atoms with E-state index in [0.717, 1.165) is 51.3 Å². The lowest BCUT2D eigenvalue weighted by Crippen LogP contribution is -2.34. The molecule has 5 nitrogen and oxygen atoms in total. The van der Waals surface area contributed by atoms with E-state index in [4.69, 9.17) is 5.10 Å². The number of amides is 1. The van der Waals surface area contributed by atoms with Crippen LogP contribution in [0.1, 0.15) is 44.1 Å². The van der Waals surface area contributed by atoms with Crippen LogP contribution in [0, 0.1) is 5.92 Å². The summed E-state index contributed by atoms with van der Waals surface area (Å²) in [4.78, 5) is 16.9. The summed E-state index contributed by atoms with van der Waals surface area (Å²) in [6.07, 6.45) is 8.73. The Morgan fingerprint density at radius 1 is 1.07 bits per heavy atom. The highest BCUT2D eigenvalue weighted by Gasteiger charge is 2.23. The molecule has 2 saturated heterocycles. The third-order valence-electron chi connectivity index (χ3n) is 6.28. The normalized spacial score (nSPS) is 18.7. The smallest absolute Gasteiger partial charge is 0.222 e. The molecule has 2 aromatic rings. The first kappa shape index (κ1) is 19.2. The Morgan fingerprint density at radius 3 is 2.50 bits per heavy atom.